The van der Waals surface area contributed by atoms with Crippen LogP contribution in [0.3, 0.4) is 0 Å². The third kappa shape index (κ3) is 4.48. The molecule has 0 saturated heterocycles. The summed E-state index contributed by atoms with van der Waals surface area (Å²) in [7, 11) is -3.85. The second-order valence-corrected chi connectivity index (χ2v) is 7.97. The molecule has 0 aliphatic carbocycles. The highest BCUT2D eigenvalue weighted by Crippen LogP contribution is 2.25. The number of nitrogens with one attached hydrogen (secondary N) is 2. The minimum Gasteiger partial charge on any atom is -0.322 e. The van der Waals surface area contributed by atoms with Gasteiger partial charge in [0.2, 0.25) is 0 Å². The van der Waals surface area contributed by atoms with E-state index in [1.807, 2.05) is 19.1 Å². The maximum absolute atomic E-state index is 12.6. The first-order chi connectivity index (χ1) is 12.9. The summed E-state index contributed by atoms with van der Waals surface area (Å²) in [5, 5.41) is 3.03. The molecule has 0 spiro atoms. The molecule has 0 atom stereocenters. The molecule has 7 heteroatoms. The molecule has 3 aromatic rings. The Labute approximate surface area is 163 Å². The van der Waals surface area contributed by atoms with Gasteiger partial charge in [0.1, 0.15) is 0 Å². The van der Waals surface area contributed by atoms with E-state index in [0.717, 1.165) is 5.56 Å². The number of anilines is 2. The van der Waals surface area contributed by atoms with E-state index < -0.39 is 10.0 Å². The van der Waals surface area contributed by atoms with Gasteiger partial charge in [-0.05, 0) is 48.9 Å². The third-order valence-corrected chi connectivity index (χ3v) is 5.60. The minimum absolute atomic E-state index is 0.0185. The molecule has 0 bridgehead atoms. The quantitative estimate of drug-likeness (QED) is 0.651. The van der Waals surface area contributed by atoms with Crippen LogP contribution in [0.1, 0.15) is 15.9 Å². The standard InChI is InChI=1S/C20H17ClN2O3S/c1-14-7-2-3-10-17(14)20(24)22-15-8-6-9-16(13-15)27(25,26)23-19-12-5-4-11-18(19)21/h2-13,23H,1H3,(H,22,24). The van der Waals surface area contributed by atoms with E-state index in [2.05, 4.69) is 10.0 Å². The monoisotopic (exact) mass is 400 g/mol. The molecular weight excluding hydrogens is 384 g/mol. The molecule has 0 unspecified atom stereocenters. The van der Waals surface area contributed by atoms with Crippen LogP contribution < -0.4 is 10.0 Å². The van der Waals surface area contributed by atoms with Gasteiger partial charge >= 0.3 is 0 Å². The van der Waals surface area contributed by atoms with E-state index >= 15 is 0 Å². The Morgan fingerprint density at radius 1 is 0.926 bits per heavy atom. The topological polar surface area (TPSA) is 75.3 Å². The first-order valence-corrected chi connectivity index (χ1v) is 9.97. The molecule has 138 valence electrons. The van der Waals surface area contributed by atoms with E-state index in [-0.39, 0.29) is 16.5 Å². The zero-order valence-electron chi connectivity index (χ0n) is 14.4. The van der Waals surface area contributed by atoms with Crippen molar-refractivity contribution in [2.24, 2.45) is 0 Å². The van der Waals surface area contributed by atoms with Gasteiger partial charge in [-0.15, -0.1) is 0 Å². The Morgan fingerprint density at radius 2 is 1.63 bits per heavy atom. The van der Waals surface area contributed by atoms with Crippen LogP contribution in [-0.4, -0.2) is 14.3 Å². The van der Waals surface area contributed by atoms with Gasteiger partial charge in [0.25, 0.3) is 15.9 Å². The Bertz CT molecular complexity index is 1100. The van der Waals surface area contributed by atoms with Crippen molar-refractivity contribution >= 4 is 38.9 Å². The van der Waals surface area contributed by atoms with Gasteiger partial charge in [-0.2, -0.15) is 0 Å². The fourth-order valence-corrected chi connectivity index (χ4v) is 3.88. The number of aryl methyl sites for hydroxylation is 1. The highest BCUT2D eigenvalue weighted by Gasteiger charge is 2.17. The SMILES string of the molecule is Cc1ccccc1C(=O)Nc1cccc(S(=O)(=O)Nc2ccccc2Cl)c1. The van der Waals surface area contributed by atoms with E-state index in [9.17, 15) is 13.2 Å². The zero-order valence-corrected chi connectivity index (χ0v) is 16.0. The Morgan fingerprint density at radius 3 is 2.37 bits per heavy atom. The van der Waals surface area contributed by atoms with Crippen molar-refractivity contribution in [2.45, 2.75) is 11.8 Å². The fraction of sp³-hybridized carbons (Fsp3) is 0.0500. The normalized spacial score (nSPS) is 11.0. The van der Waals surface area contributed by atoms with Gasteiger partial charge < -0.3 is 5.32 Å². The highest BCUT2D eigenvalue weighted by atomic mass is 35.5. The number of hydrogen-bond acceptors (Lipinski definition) is 3. The number of sulfonamides is 1. The van der Waals surface area contributed by atoms with Gasteiger partial charge in [0, 0.05) is 11.3 Å². The van der Waals surface area contributed by atoms with Crippen LogP contribution in [0.25, 0.3) is 0 Å². The van der Waals surface area contributed by atoms with E-state index in [1.54, 1.807) is 48.5 Å². The van der Waals surface area contributed by atoms with Crippen LogP contribution in [0.2, 0.25) is 5.02 Å². The number of para-hydroxylation sites is 1. The van der Waals surface area contributed by atoms with Crippen LogP contribution >= 0.6 is 11.6 Å². The summed E-state index contributed by atoms with van der Waals surface area (Å²) in [5.41, 5.74) is 2.03. The van der Waals surface area contributed by atoms with Gasteiger partial charge in [-0.1, -0.05) is 48.0 Å². The smallest absolute Gasteiger partial charge is 0.262 e. The number of halogens is 1. The number of carbonyl (C=O) groups is 1. The molecule has 0 radical (unpaired) electrons. The van der Waals surface area contributed by atoms with Crippen molar-refractivity contribution < 1.29 is 13.2 Å². The van der Waals surface area contributed by atoms with Gasteiger partial charge in [0.15, 0.2) is 0 Å². The molecule has 27 heavy (non-hydrogen) atoms. The summed E-state index contributed by atoms with van der Waals surface area (Å²) in [6, 6.07) is 19.8. The largest absolute Gasteiger partial charge is 0.322 e. The highest BCUT2D eigenvalue weighted by molar-refractivity contribution is 7.92. The van der Waals surface area contributed by atoms with Crippen molar-refractivity contribution in [3.63, 3.8) is 0 Å². The maximum Gasteiger partial charge on any atom is 0.262 e. The summed E-state index contributed by atoms with van der Waals surface area (Å²) >= 11 is 6.02. The first-order valence-electron chi connectivity index (χ1n) is 8.11. The number of hydrogen-bond donors (Lipinski definition) is 2. The predicted octanol–water partition coefficient (Wildman–Crippen LogP) is 4.70. The van der Waals surface area contributed by atoms with Crippen LogP contribution in [0.5, 0.6) is 0 Å². The van der Waals surface area contributed by atoms with E-state index in [4.69, 9.17) is 11.6 Å². The second-order valence-electron chi connectivity index (χ2n) is 5.88. The second kappa shape index (κ2) is 7.82. The van der Waals surface area contributed by atoms with Crippen molar-refractivity contribution in [1.29, 1.82) is 0 Å². The molecule has 3 aromatic carbocycles. The summed E-state index contributed by atoms with van der Waals surface area (Å²) in [5.74, 6) is -0.304. The average Bonchev–Trinajstić information content (AvgIpc) is 2.64. The molecule has 0 aromatic heterocycles. The molecule has 0 saturated carbocycles. The van der Waals surface area contributed by atoms with Gasteiger partial charge in [-0.25, -0.2) is 8.42 Å². The first kappa shape index (κ1) is 18.9. The lowest BCUT2D eigenvalue weighted by Gasteiger charge is -2.12. The van der Waals surface area contributed by atoms with E-state index in [1.165, 1.54) is 12.1 Å². The van der Waals surface area contributed by atoms with Crippen LogP contribution in [0.15, 0.2) is 77.7 Å². The van der Waals surface area contributed by atoms with Gasteiger partial charge in [-0.3, -0.25) is 9.52 Å². The number of benzene rings is 3. The van der Waals surface area contributed by atoms with Crippen LogP contribution in [-0.2, 0) is 10.0 Å². The van der Waals surface area contributed by atoms with Crippen molar-refractivity contribution in [1.82, 2.24) is 0 Å². The maximum atomic E-state index is 12.6. The lowest BCUT2D eigenvalue weighted by Crippen LogP contribution is -2.15. The minimum atomic E-state index is -3.85. The summed E-state index contributed by atoms with van der Waals surface area (Å²) in [4.78, 5) is 12.5. The molecule has 2 N–H and O–H groups in total. The molecule has 0 fully saturated rings. The molecule has 1 amide bonds. The lowest BCUT2D eigenvalue weighted by atomic mass is 10.1. The Hall–Kier alpha value is -2.83. The Kier molecular flexibility index (Phi) is 5.48. The average molecular weight is 401 g/mol. The molecule has 0 aliphatic heterocycles. The van der Waals surface area contributed by atoms with Crippen molar-refractivity contribution in [3.8, 4) is 0 Å². The number of carbonyl (C=O) groups excluding carboxylic acids is 1. The van der Waals surface area contributed by atoms with Crippen molar-refractivity contribution in [2.75, 3.05) is 10.0 Å². The van der Waals surface area contributed by atoms with Crippen LogP contribution in [0, 0.1) is 6.92 Å². The predicted molar refractivity (Wildman–Crippen MR) is 108 cm³/mol. The zero-order chi connectivity index (χ0) is 19.4. The molecule has 0 aliphatic rings. The number of amides is 1. The fourth-order valence-electron chi connectivity index (χ4n) is 2.51. The summed E-state index contributed by atoms with van der Waals surface area (Å²) < 4.78 is 27.7. The Balaban J connectivity index is 1.84. The van der Waals surface area contributed by atoms with Gasteiger partial charge in [0.05, 0.1) is 15.6 Å². The molecular formula is C20H17ClN2O3S. The number of rotatable bonds is 5. The summed E-state index contributed by atoms with van der Waals surface area (Å²) in [6.45, 7) is 1.84. The lowest BCUT2D eigenvalue weighted by molar-refractivity contribution is 0.102. The molecule has 3 rings (SSSR count). The van der Waals surface area contributed by atoms with Crippen molar-refractivity contribution in [3.05, 3.63) is 88.9 Å². The third-order valence-electron chi connectivity index (χ3n) is 3.91. The summed E-state index contributed by atoms with van der Waals surface area (Å²) in [6.07, 6.45) is 0. The molecule has 5 nitrogen and oxygen atoms in total. The van der Waals surface area contributed by atoms with E-state index in [0.29, 0.717) is 16.3 Å². The molecule has 0 heterocycles. The van der Waals surface area contributed by atoms with Crippen LogP contribution in [0.4, 0.5) is 11.4 Å².